The normalized spacial score (nSPS) is 12.6. The first kappa shape index (κ1) is 14.7. The summed E-state index contributed by atoms with van der Waals surface area (Å²) in [4.78, 5) is 11.2. The molecule has 0 saturated heterocycles. The molecule has 0 radical (unpaired) electrons. The molecule has 0 unspecified atom stereocenters. The lowest BCUT2D eigenvalue weighted by Crippen LogP contribution is -2.41. The van der Waals surface area contributed by atoms with E-state index < -0.39 is 0 Å². The molecule has 1 aromatic heterocycles. The van der Waals surface area contributed by atoms with Crippen LogP contribution in [0.5, 0.6) is 0 Å². The maximum Gasteiger partial charge on any atom is 0.138 e. The highest BCUT2D eigenvalue weighted by Crippen LogP contribution is 2.27. The smallest absolute Gasteiger partial charge is 0.138 e. The fourth-order valence-electron chi connectivity index (χ4n) is 1.51. The molecular weight excluding hydrogens is 224 g/mol. The fourth-order valence-corrected chi connectivity index (χ4v) is 1.51. The molecule has 0 fully saturated rings. The molecule has 0 spiro atoms. The molecule has 102 valence electrons. The van der Waals surface area contributed by atoms with E-state index in [2.05, 4.69) is 63.5 Å². The van der Waals surface area contributed by atoms with Crippen LogP contribution in [0.15, 0.2) is 6.07 Å². The highest BCUT2D eigenvalue weighted by molar-refractivity contribution is 5.48. The Morgan fingerprint density at radius 1 is 1.17 bits per heavy atom. The summed E-state index contributed by atoms with van der Waals surface area (Å²) in [6.45, 7) is 12.8. The Balaban J connectivity index is 3.23. The zero-order valence-corrected chi connectivity index (χ0v) is 12.7. The summed E-state index contributed by atoms with van der Waals surface area (Å²) in [7, 11) is 2.05. The highest BCUT2D eigenvalue weighted by atomic mass is 15.2. The van der Waals surface area contributed by atoms with Gasteiger partial charge in [0.25, 0.3) is 0 Å². The van der Waals surface area contributed by atoms with Crippen molar-refractivity contribution in [1.82, 2.24) is 9.97 Å². The van der Waals surface area contributed by atoms with Gasteiger partial charge in [0.2, 0.25) is 0 Å². The SMILES string of the molecule is CCC(C)(C)N(C)c1cc(N)nc(C(C)(C)C)n1. The first-order valence-corrected chi connectivity index (χ1v) is 6.47. The first-order chi connectivity index (χ1) is 8.08. The van der Waals surface area contributed by atoms with Gasteiger partial charge in [-0.05, 0) is 20.3 Å². The van der Waals surface area contributed by atoms with E-state index in [4.69, 9.17) is 5.73 Å². The Morgan fingerprint density at radius 2 is 1.72 bits per heavy atom. The molecule has 0 amide bonds. The average Bonchev–Trinajstić information content (AvgIpc) is 2.26. The number of nitrogen functional groups attached to an aromatic ring is 1. The van der Waals surface area contributed by atoms with Crippen LogP contribution in [-0.2, 0) is 5.41 Å². The van der Waals surface area contributed by atoms with Gasteiger partial charge in [0.15, 0.2) is 0 Å². The molecule has 0 aromatic carbocycles. The Labute approximate surface area is 111 Å². The standard InChI is InChI=1S/C14H26N4/c1-8-14(5,6)18(7)11-9-10(15)16-12(17-11)13(2,3)4/h9H,8H2,1-7H3,(H2,15,16,17). The van der Waals surface area contributed by atoms with Gasteiger partial charge in [0, 0.05) is 24.1 Å². The summed E-state index contributed by atoms with van der Waals surface area (Å²) in [5.74, 6) is 2.21. The minimum absolute atomic E-state index is 0.0515. The average molecular weight is 250 g/mol. The van der Waals surface area contributed by atoms with Gasteiger partial charge in [0.1, 0.15) is 17.5 Å². The number of rotatable bonds is 3. The number of hydrogen-bond acceptors (Lipinski definition) is 4. The zero-order chi connectivity index (χ0) is 14.1. The molecule has 1 aromatic rings. The summed E-state index contributed by atoms with van der Waals surface area (Å²) >= 11 is 0. The van der Waals surface area contributed by atoms with E-state index >= 15 is 0 Å². The van der Waals surface area contributed by atoms with Crippen LogP contribution in [-0.4, -0.2) is 22.6 Å². The third kappa shape index (κ3) is 3.12. The van der Waals surface area contributed by atoms with E-state index in [1.54, 1.807) is 0 Å². The molecule has 0 bridgehead atoms. The lowest BCUT2D eigenvalue weighted by Gasteiger charge is -2.36. The predicted octanol–water partition coefficient (Wildman–Crippen LogP) is 2.98. The predicted molar refractivity (Wildman–Crippen MR) is 77.9 cm³/mol. The molecular formula is C14H26N4. The van der Waals surface area contributed by atoms with Crippen molar-refractivity contribution >= 4 is 11.6 Å². The van der Waals surface area contributed by atoms with Crippen LogP contribution in [0.1, 0.15) is 53.8 Å². The van der Waals surface area contributed by atoms with Gasteiger partial charge >= 0.3 is 0 Å². The molecule has 0 aliphatic rings. The third-order valence-corrected chi connectivity index (χ3v) is 3.52. The van der Waals surface area contributed by atoms with E-state index in [0.717, 1.165) is 18.1 Å². The third-order valence-electron chi connectivity index (χ3n) is 3.52. The minimum atomic E-state index is -0.0959. The minimum Gasteiger partial charge on any atom is -0.384 e. The maximum atomic E-state index is 5.90. The van der Waals surface area contributed by atoms with E-state index in [1.165, 1.54) is 0 Å². The largest absolute Gasteiger partial charge is 0.384 e. The van der Waals surface area contributed by atoms with Crippen molar-refractivity contribution < 1.29 is 0 Å². The van der Waals surface area contributed by atoms with Crippen LogP contribution in [0.3, 0.4) is 0 Å². The van der Waals surface area contributed by atoms with Gasteiger partial charge in [-0.25, -0.2) is 9.97 Å². The zero-order valence-electron chi connectivity index (χ0n) is 12.7. The number of anilines is 2. The quantitative estimate of drug-likeness (QED) is 0.896. The van der Waals surface area contributed by atoms with Crippen LogP contribution < -0.4 is 10.6 Å². The van der Waals surface area contributed by atoms with Crippen LogP contribution >= 0.6 is 0 Å². The molecule has 1 rings (SSSR count). The number of hydrogen-bond donors (Lipinski definition) is 1. The molecule has 1 heterocycles. The van der Waals surface area contributed by atoms with Gasteiger partial charge in [-0.2, -0.15) is 0 Å². The molecule has 4 nitrogen and oxygen atoms in total. The maximum absolute atomic E-state index is 5.90. The molecule has 0 saturated carbocycles. The number of nitrogens with zero attached hydrogens (tertiary/aromatic N) is 3. The van der Waals surface area contributed by atoms with Gasteiger partial charge in [-0.15, -0.1) is 0 Å². The lowest BCUT2D eigenvalue weighted by atomic mass is 9.95. The molecule has 0 aliphatic heterocycles. The van der Waals surface area contributed by atoms with E-state index in [0.29, 0.717) is 5.82 Å². The summed E-state index contributed by atoms with van der Waals surface area (Å²) in [5, 5.41) is 0. The van der Waals surface area contributed by atoms with Crippen LogP contribution in [0, 0.1) is 0 Å². The van der Waals surface area contributed by atoms with Crippen LogP contribution in [0.4, 0.5) is 11.6 Å². The lowest BCUT2D eigenvalue weighted by molar-refractivity contribution is 0.463. The van der Waals surface area contributed by atoms with Crippen LogP contribution in [0.2, 0.25) is 0 Å². The van der Waals surface area contributed by atoms with Crippen molar-refractivity contribution in [2.24, 2.45) is 0 Å². The summed E-state index contributed by atoms with van der Waals surface area (Å²) in [6.07, 6.45) is 1.04. The van der Waals surface area contributed by atoms with Crippen molar-refractivity contribution in [3.05, 3.63) is 11.9 Å². The Bertz CT molecular complexity index is 418. The number of aromatic nitrogens is 2. The topological polar surface area (TPSA) is 55.0 Å². The van der Waals surface area contributed by atoms with Crippen molar-refractivity contribution in [3.8, 4) is 0 Å². The van der Waals surface area contributed by atoms with E-state index in [1.807, 2.05) is 6.07 Å². The van der Waals surface area contributed by atoms with Gasteiger partial charge < -0.3 is 10.6 Å². The van der Waals surface area contributed by atoms with E-state index in [-0.39, 0.29) is 11.0 Å². The van der Waals surface area contributed by atoms with Crippen molar-refractivity contribution in [3.63, 3.8) is 0 Å². The van der Waals surface area contributed by atoms with Crippen molar-refractivity contribution in [1.29, 1.82) is 0 Å². The molecule has 0 aliphatic carbocycles. The summed E-state index contributed by atoms with van der Waals surface area (Å²) in [5.41, 5.74) is 5.86. The Kier molecular flexibility index (Phi) is 3.89. The molecule has 0 atom stereocenters. The Morgan fingerprint density at radius 3 is 2.17 bits per heavy atom. The highest BCUT2D eigenvalue weighted by Gasteiger charge is 2.25. The first-order valence-electron chi connectivity index (χ1n) is 6.47. The van der Waals surface area contributed by atoms with Gasteiger partial charge in [-0.1, -0.05) is 27.7 Å². The molecule has 18 heavy (non-hydrogen) atoms. The second-order valence-corrected chi connectivity index (χ2v) is 6.45. The summed E-state index contributed by atoms with van der Waals surface area (Å²) in [6, 6.07) is 1.84. The second-order valence-electron chi connectivity index (χ2n) is 6.45. The summed E-state index contributed by atoms with van der Waals surface area (Å²) < 4.78 is 0. The van der Waals surface area contributed by atoms with E-state index in [9.17, 15) is 0 Å². The molecule has 2 N–H and O–H groups in total. The van der Waals surface area contributed by atoms with Crippen molar-refractivity contribution in [2.45, 2.75) is 58.9 Å². The fraction of sp³-hybridized carbons (Fsp3) is 0.714. The van der Waals surface area contributed by atoms with Gasteiger partial charge in [0.05, 0.1) is 0 Å². The second kappa shape index (κ2) is 4.75. The Hall–Kier alpha value is -1.32. The molecule has 4 heteroatoms. The van der Waals surface area contributed by atoms with Crippen LogP contribution in [0.25, 0.3) is 0 Å². The number of nitrogens with two attached hydrogens (primary N) is 1. The van der Waals surface area contributed by atoms with Crippen molar-refractivity contribution in [2.75, 3.05) is 17.7 Å². The monoisotopic (exact) mass is 250 g/mol. The van der Waals surface area contributed by atoms with Gasteiger partial charge in [-0.3, -0.25) is 0 Å².